The molecule has 4 nitrogen and oxygen atoms in total. The van der Waals surface area contributed by atoms with Crippen LogP contribution in [-0.2, 0) is 6.54 Å². The maximum atomic E-state index is 4.85. The summed E-state index contributed by atoms with van der Waals surface area (Å²) in [4.78, 5) is 9.61. The van der Waals surface area contributed by atoms with Gasteiger partial charge in [0.25, 0.3) is 0 Å². The molecule has 0 spiro atoms. The van der Waals surface area contributed by atoms with E-state index >= 15 is 0 Å². The lowest BCUT2D eigenvalue weighted by Crippen LogP contribution is -2.44. The molecule has 0 amide bonds. The molecule has 0 radical (unpaired) electrons. The van der Waals surface area contributed by atoms with E-state index in [1.54, 1.807) is 0 Å². The second kappa shape index (κ2) is 5.77. The molecule has 20 heavy (non-hydrogen) atoms. The number of nitrogens with one attached hydrogen (secondary N) is 1. The van der Waals surface area contributed by atoms with E-state index in [-0.39, 0.29) is 0 Å². The van der Waals surface area contributed by atoms with Crippen molar-refractivity contribution < 1.29 is 0 Å². The number of aromatic nitrogens is 1. The number of hydrogen-bond donors (Lipinski definition) is 1. The summed E-state index contributed by atoms with van der Waals surface area (Å²) in [5.74, 6) is 1.11. The molecule has 0 bridgehead atoms. The molecule has 0 unspecified atom stereocenters. The number of likely N-dealkylation sites (N-methyl/N-ethyl adjacent to an activating group) is 1. The smallest absolute Gasteiger partial charge is 0.129 e. The summed E-state index contributed by atoms with van der Waals surface area (Å²) in [6, 6.07) is 10.6. The van der Waals surface area contributed by atoms with E-state index in [2.05, 4.69) is 52.5 Å². The van der Waals surface area contributed by atoms with Gasteiger partial charge in [0.2, 0.25) is 0 Å². The van der Waals surface area contributed by atoms with Crippen LogP contribution in [0.2, 0.25) is 0 Å². The summed E-state index contributed by atoms with van der Waals surface area (Å²) >= 11 is 0. The molecule has 0 atom stereocenters. The first-order valence-corrected chi connectivity index (χ1v) is 7.24. The minimum absolute atomic E-state index is 0.879. The summed E-state index contributed by atoms with van der Waals surface area (Å²) in [5.41, 5.74) is 2.42. The molecule has 2 aromatic rings. The third kappa shape index (κ3) is 2.62. The van der Waals surface area contributed by atoms with Gasteiger partial charge in [0.15, 0.2) is 0 Å². The van der Waals surface area contributed by atoms with E-state index < -0.39 is 0 Å². The number of rotatable bonds is 3. The third-order valence-corrected chi connectivity index (χ3v) is 3.98. The highest BCUT2D eigenvalue weighted by molar-refractivity contribution is 5.84. The zero-order valence-corrected chi connectivity index (χ0v) is 12.3. The van der Waals surface area contributed by atoms with Crippen LogP contribution in [0.1, 0.15) is 5.56 Å². The number of para-hydroxylation sites is 1. The van der Waals surface area contributed by atoms with Gasteiger partial charge in [0.05, 0.1) is 5.52 Å². The Kier molecular flexibility index (Phi) is 3.85. The number of pyridine rings is 1. The van der Waals surface area contributed by atoms with Crippen LogP contribution in [0, 0.1) is 0 Å². The van der Waals surface area contributed by atoms with E-state index in [4.69, 9.17) is 4.98 Å². The van der Waals surface area contributed by atoms with Crippen molar-refractivity contribution in [2.45, 2.75) is 6.54 Å². The largest absolute Gasteiger partial charge is 0.354 e. The lowest BCUT2D eigenvalue weighted by atomic mass is 10.1. The van der Waals surface area contributed by atoms with E-state index in [0.29, 0.717) is 0 Å². The van der Waals surface area contributed by atoms with Crippen molar-refractivity contribution in [2.24, 2.45) is 0 Å². The van der Waals surface area contributed by atoms with Gasteiger partial charge in [-0.15, -0.1) is 0 Å². The number of benzene rings is 1. The molecule has 1 fully saturated rings. The molecule has 106 valence electrons. The molecule has 1 saturated heterocycles. The Morgan fingerprint density at radius 1 is 1.15 bits per heavy atom. The third-order valence-electron chi connectivity index (χ3n) is 3.98. The molecule has 1 aromatic carbocycles. The van der Waals surface area contributed by atoms with Gasteiger partial charge >= 0.3 is 0 Å². The van der Waals surface area contributed by atoms with Crippen molar-refractivity contribution in [3.05, 3.63) is 35.9 Å². The Hall–Kier alpha value is -1.65. The Bertz CT molecular complexity index is 588. The molecule has 1 aliphatic heterocycles. The average molecular weight is 270 g/mol. The quantitative estimate of drug-likeness (QED) is 0.920. The number of hydrogen-bond acceptors (Lipinski definition) is 4. The van der Waals surface area contributed by atoms with Crippen LogP contribution in [0.15, 0.2) is 30.3 Å². The average Bonchev–Trinajstić information content (AvgIpc) is 2.48. The zero-order chi connectivity index (χ0) is 13.9. The van der Waals surface area contributed by atoms with Gasteiger partial charge in [-0.2, -0.15) is 0 Å². The molecule has 0 saturated carbocycles. The number of nitrogens with zero attached hydrogens (tertiary/aromatic N) is 3. The maximum absolute atomic E-state index is 4.85. The maximum Gasteiger partial charge on any atom is 0.129 e. The highest BCUT2D eigenvalue weighted by Gasteiger charge is 2.16. The summed E-state index contributed by atoms with van der Waals surface area (Å²) in [7, 11) is 4.17. The van der Waals surface area contributed by atoms with Crippen molar-refractivity contribution in [3.63, 3.8) is 0 Å². The number of piperazine rings is 1. The van der Waals surface area contributed by atoms with Crippen molar-refractivity contribution in [2.75, 3.05) is 45.2 Å². The van der Waals surface area contributed by atoms with Crippen LogP contribution < -0.4 is 10.2 Å². The van der Waals surface area contributed by atoms with Gasteiger partial charge < -0.3 is 15.1 Å². The fourth-order valence-electron chi connectivity index (χ4n) is 2.77. The van der Waals surface area contributed by atoms with E-state index in [0.717, 1.165) is 44.1 Å². The van der Waals surface area contributed by atoms with E-state index in [1.807, 2.05) is 7.05 Å². The Morgan fingerprint density at radius 3 is 2.65 bits per heavy atom. The van der Waals surface area contributed by atoms with Crippen LogP contribution in [-0.4, -0.2) is 50.2 Å². The van der Waals surface area contributed by atoms with Gasteiger partial charge in [0.1, 0.15) is 5.82 Å². The Balaban J connectivity index is 1.98. The predicted molar refractivity (Wildman–Crippen MR) is 84.2 cm³/mol. The second-order valence-electron chi connectivity index (χ2n) is 5.48. The molecule has 1 aromatic heterocycles. The van der Waals surface area contributed by atoms with Crippen LogP contribution in [0.3, 0.4) is 0 Å². The van der Waals surface area contributed by atoms with Gasteiger partial charge in [-0.25, -0.2) is 4.98 Å². The molecule has 4 heteroatoms. The number of anilines is 1. The summed E-state index contributed by atoms with van der Waals surface area (Å²) in [6.07, 6.45) is 0. The first kappa shape index (κ1) is 13.3. The monoisotopic (exact) mass is 270 g/mol. The topological polar surface area (TPSA) is 31.4 Å². The lowest BCUT2D eigenvalue weighted by Gasteiger charge is -2.33. The van der Waals surface area contributed by atoms with Crippen molar-refractivity contribution in [3.8, 4) is 0 Å². The fourth-order valence-corrected chi connectivity index (χ4v) is 2.77. The first-order valence-electron chi connectivity index (χ1n) is 7.24. The predicted octanol–water partition coefficient (Wildman–Crippen LogP) is 1.71. The summed E-state index contributed by atoms with van der Waals surface area (Å²) in [6.45, 7) is 5.21. The zero-order valence-electron chi connectivity index (χ0n) is 12.3. The highest BCUT2D eigenvalue weighted by atomic mass is 15.3. The normalized spacial score (nSPS) is 16.8. The van der Waals surface area contributed by atoms with E-state index in [1.165, 1.54) is 10.9 Å². The van der Waals surface area contributed by atoms with Crippen molar-refractivity contribution in [1.82, 2.24) is 15.2 Å². The molecular weight excluding hydrogens is 248 g/mol. The Morgan fingerprint density at radius 2 is 1.90 bits per heavy atom. The SMILES string of the molecule is CNCc1cc(N2CCN(C)CC2)nc2ccccc12. The van der Waals surface area contributed by atoms with Gasteiger partial charge in [-0.1, -0.05) is 18.2 Å². The van der Waals surface area contributed by atoms with Crippen LogP contribution in [0.25, 0.3) is 10.9 Å². The second-order valence-corrected chi connectivity index (χ2v) is 5.48. The van der Waals surface area contributed by atoms with Gasteiger partial charge in [-0.3, -0.25) is 0 Å². The summed E-state index contributed by atoms with van der Waals surface area (Å²) in [5, 5.41) is 4.51. The van der Waals surface area contributed by atoms with Crippen molar-refractivity contribution in [1.29, 1.82) is 0 Å². The minimum atomic E-state index is 0.879. The minimum Gasteiger partial charge on any atom is -0.354 e. The first-order chi connectivity index (χ1) is 9.78. The molecule has 1 N–H and O–H groups in total. The molecule has 1 aliphatic rings. The van der Waals surface area contributed by atoms with Crippen LogP contribution >= 0.6 is 0 Å². The van der Waals surface area contributed by atoms with Gasteiger partial charge in [-0.05, 0) is 31.8 Å². The van der Waals surface area contributed by atoms with Gasteiger partial charge in [0, 0.05) is 38.1 Å². The summed E-state index contributed by atoms with van der Waals surface area (Å²) < 4.78 is 0. The fraction of sp³-hybridized carbons (Fsp3) is 0.438. The molecule has 3 rings (SSSR count). The standard InChI is InChI=1S/C16H22N4/c1-17-12-13-11-16(20-9-7-19(2)8-10-20)18-15-6-4-3-5-14(13)15/h3-6,11,17H,7-10,12H2,1-2H3. The van der Waals surface area contributed by atoms with Crippen LogP contribution in [0.5, 0.6) is 0 Å². The Labute approximate surface area is 120 Å². The van der Waals surface area contributed by atoms with Crippen molar-refractivity contribution >= 4 is 16.7 Å². The van der Waals surface area contributed by atoms with E-state index in [9.17, 15) is 0 Å². The molecular formula is C16H22N4. The highest BCUT2D eigenvalue weighted by Crippen LogP contribution is 2.23. The lowest BCUT2D eigenvalue weighted by molar-refractivity contribution is 0.312. The molecule has 2 heterocycles. The number of fused-ring (bicyclic) bond motifs is 1. The van der Waals surface area contributed by atoms with Crippen LogP contribution in [0.4, 0.5) is 5.82 Å². The molecule has 0 aliphatic carbocycles.